The van der Waals surface area contributed by atoms with Crippen LogP contribution in [0.25, 0.3) is 0 Å². The maximum Gasteiger partial charge on any atom is 0.321 e. The highest BCUT2D eigenvalue weighted by Crippen LogP contribution is 2.36. The maximum absolute atomic E-state index is 13.0. The number of hydrogen-bond acceptors (Lipinski definition) is 4. The van der Waals surface area contributed by atoms with Crippen molar-refractivity contribution >= 4 is 21.7 Å². The van der Waals surface area contributed by atoms with Crippen molar-refractivity contribution < 1.29 is 22.3 Å². The minimum absolute atomic E-state index is 0.144. The maximum atomic E-state index is 13.0. The summed E-state index contributed by atoms with van der Waals surface area (Å²) in [6.07, 6.45) is 1.21. The Balaban J connectivity index is 1.42. The summed E-state index contributed by atoms with van der Waals surface area (Å²) in [5.41, 5.74) is 0.142. The molecule has 1 saturated heterocycles. The molecular weight excluding hydrogens is 397 g/mol. The van der Waals surface area contributed by atoms with Crippen LogP contribution in [0.5, 0.6) is 5.75 Å². The number of hydrogen-bond donors (Lipinski definition) is 2. The molecular formula is C20H22FN3O4S. The van der Waals surface area contributed by atoms with Gasteiger partial charge >= 0.3 is 6.03 Å². The van der Waals surface area contributed by atoms with Gasteiger partial charge in [-0.05, 0) is 49.2 Å². The van der Waals surface area contributed by atoms with Gasteiger partial charge in [0, 0.05) is 30.7 Å². The van der Waals surface area contributed by atoms with E-state index in [1.54, 1.807) is 23.1 Å². The van der Waals surface area contributed by atoms with Gasteiger partial charge in [0.15, 0.2) is 0 Å². The van der Waals surface area contributed by atoms with Gasteiger partial charge in [-0.3, -0.25) is 0 Å². The number of likely N-dealkylation sites (tertiary alicyclic amines) is 1. The number of piperidine rings is 1. The summed E-state index contributed by atoms with van der Waals surface area (Å²) in [5.74, 6) is -0.0215. The molecule has 2 amide bonds. The highest BCUT2D eigenvalue weighted by atomic mass is 32.2. The molecule has 0 radical (unpaired) electrons. The van der Waals surface area contributed by atoms with Crippen LogP contribution < -0.4 is 14.8 Å². The molecule has 2 aliphatic rings. The summed E-state index contributed by atoms with van der Waals surface area (Å²) in [5, 5.41) is 2.76. The van der Waals surface area contributed by atoms with Crippen molar-refractivity contribution in [3.05, 3.63) is 54.3 Å². The molecule has 1 spiro atoms. The zero-order valence-corrected chi connectivity index (χ0v) is 16.5. The normalized spacial score (nSPS) is 20.1. The van der Waals surface area contributed by atoms with Gasteiger partial charge in [-0.15, -0.1) is 0 Å². The number of rotatable bonds is 1. The smallest absolute Gasteiger partial charge is 0.321 e. The first-order valence-electron chi connectivity index (χ1n) is 9.40. The van der Waals surface area contributed by atoms with E-state index < -0.39 is 10.0 Å². The zero-order valence-electron chi connectivity index (χ0n) is 15.7. The Morgan fingerprint density at radius 3 is 2.52 bits per heavy atom. The number of benzene rings is 2. The van der Waals surface area contributed by atoms with Gasteiger partial charge in [-0.1, -0.05) is 12.1 Å². The van der Waals surface area contributed by atoms with Crippen molar-refractivity contribution in [2.45, 2.75) is 17.7 Å². The fourth-order valence-electron chi connectivity index (χ4n) is 3.64. The predicted octanol–water partition coefficient (Wildman–Crippen LogP) is 2.81. The van der Waals surface area contributed by atoms with E-state index in [4.69, 9.17) is 4.74 Å². The molecule has 0 bridgehead atoms. The van der Waals surface area contributed by atoms with Crippen LogP contribution in [0.3, 0.4) is 0 Å². The Labute approximate surface area is 168 Å². The summed E-state index contributed by atoms with van der Waals surface area (Å²) < 4.78 is 46.8. The third kappa shape index (κ3) is 4.20. The van der Waals surface area contributed by atoms with Crippen molar-refractivity contribution in [2.75, 3.05) is 31.6 Å². The highest BCUT2D eigenvalue weighted by Gasteiger charge is 2.39. The molecule has 2 aliphatic heterocycles. The van der Waals surface area contributed by atoms with Crippen LogP contribution in [0, 0.1) is 11.2 Å². The second-order valence-electron chi connectivity index (χ2n) is 7.48. The number of amides is 2. The van der Waals surface area contributed by atoms with Gasteiger partial charge in [0.25, 0.3) is 0 Å². The van der Waals surface area contributed by atoms with Crippen LogP contribution in [-0.4, -0.2) is 45.6 Å². The van der Waals surface area contributed by atoms with Crippen LogP contribution in [0.2, 0.25) is 0 Å². The summed E-state index contributed by atoms with van der Waals surface area (Å²) in [4.78, 5) is 14.3. The lowest BCUT2D eigenvalue weighted by Crippen LogP contribution is -2.52. The summed E-state index contributed by atoms with van der Waals surface area (Å²) in [6, 6.07) is 11.9. The average molecular weight is 419 g/mol. The van der Waals surface area contributed by atoms with Gasteiger partial charge in [-0.2, -0.15) is 0 Å². The number of carbonyl (C=O) groups excluding carboxylic acids is 1. The Kier molecular flexibility index (Phi) is 5.18. The molecule has 0 saturated carbocycles. The van der Waals surface area contributed by atoms with Gasteiger partial charge in [0.05, 0.1) is 6.61 Å². The molecule has 9 heteroatoms. The summed E-state index contributed by atoms with van der Waals surface area (Å²) in [7, 11) is -3.65. The number of nitrogens with zero attached hydrogens (tertiary/aromatic N) is 1. The number of fused-ring (bicyclic) bond motifs is 1. The molecule has 2 aromatic carbocycles. The molecule has 0 aliphatic carbocycles. The zero-order chi connectivity index (χ0) is 20.5. The van der Waals surface area contributed by atoms with Crippen molar-refractivity contribution in [2.24, 2.45) is 5.41 Å². The standard InChI is InChI=1S/C20H22FN3O4S/c21-15-5-7-16(8-6-15)23-19(25)24-11-9-20(10-12-24)13-22-29(26,27)18-4-2-1-3-17(18)28-14-20/h1-8,22H,9-14H2,(H,23,25). The van der Waals surface area contributed by atoms with E-state index in [9.17, 15) is 17.6 Å². The first-order valence-corrected chi connectivity index (χ1v) is 10.9. The minimum atomic E-state index is -3.65. The molecule has 0 aromatic heterocycles. The lowest BCUT2D eigenvalue weighted by atomic mass is 9.79. The molecule has 2 N–H and O–H groups in total. The largest absolute Gasteiger partial charge is 0.492 e. The number of para-hydroxylation sites is 1. The summed E-state index contributed by atoms with van der Waals surface area (Å²) in [6.45, 7) is 1.58. The second-order valence-corrected chi connectivity index (χ2v) is 9.22. The van der Waals surface area contributed by atoms with Crippen molar-refractivity contribution in [1.29, 1.82) is 0 Å². The van der Waals surface area contributed by atoms with E-state index in [1.807, 2.05) is 0 Å². The first kappa shape index (κ1) is 19.7. The Bertz CT molecular complexity index is 1000. The van der Waals surface area contributed by atoms with E-state index in [1.165, 1.54) is 30.3 Å². The van der Waals surface area contributed by atoms with Crippen molar-refractivity contribution in [3.8, 4) is 5.75 Å². The van der Waals surface area contributed by atoms with Crippen molar-refractivity contribution in [3.63, 3.8) is 0 Å². The Morgan fingerprint density at radius 2 is 1.79 bits per heavy atom. The molecule has 1 fully saturated rings. The third-order valence-corrected chi connectivity index (χ3v) is 6.96. The van der Waals surface area contributed by atoms with E-state index >= 15 is 0 Å². The Morgan fingerprint density at radius 1 is 1.10 bits per heavy atom. The monoisotopic (exact) mass is 419 g/mol. The Hall–Kier alpha value is -2.65. The fourth-order valence-corrected chi connectivity index (χ4v) is 4.94. The van der Waals surface area contributed by atoms with E-state index in [0.29, 0.717) is 44.0 Å². The van der Waals surface area contributed by atoms with Gasteiger partial charge in [0.1, 0.15) is 16.5 Å². The molecule has 7 nitrogen and oxygen atoms in total. The lowest BCUT2D eigenvalue weighted by molar-refractivity contribution is 0.0693. The molecule has 0 unspecified atom stereocenters. The first-order chi connectivity index (χ1) is 13.9. The van der Waals surface area contributed by atoms with Crippen molar-refractivity contribution in [1.82, 2.24) is 9.62 Å². The molecule has 2 heterocycles. The predicted molar refractivity (Wildman–Crippen MR) is 106 cm³/mol. The summed E-state index contributed by atoms with van der Waals surface area (Å²) >= 11 is 0. The van der Waals surface area contributed by atoms with E-state index in [0.717, 1.165) is 0 Å². The van der Waals surface area contributed by atoms with Crippen LogP contribution in [0.1, 0.15) is 12.8 Å². The molecule has 0 atom stereocenters. The van der Waals surface area contributed by atoms with E-state index in [-0.39, 0.29) is 28.7 Å². The number of halogens is 1. The SMILES string of the molecule is O=C(Nc1ccc(F)cc1)N1CCC2(CC1)CNS(=O)(=O)c1ccccc1OC2. The molecule has 154 valence electrons. The number of nitrogens with one attached hydrogen (secondary N) is 2. The number of sulfonamides is 1. The number of urea groups is 1. The molecule has 29 heavy (non-hydrogen) atoms. The minimum Gasteiger partial charge on any atom is -0.492 e. The number of anilines is 1. The highest BCUT2D eigenvalue weighted by molar-refractivity contribution is 7.89. The second kappa shape index (κ2) is 7.64. The van der Waals surface area contributed by atoms with Crippen LogP contribution in [-0.2, 0) is 10.0 Å². The van der Waals surface area contributed by atoms with Crippen LogP contribution in [0.4, 0.5) is 14.9 Å². The van der Waals surface area contributed by atoms with Crippen LogP contribution in [0.15, 0.2) is 53.4 Å². The number of ether oxygens (including phenoxy) is 1. The number of carbonyl (C=O) groups is 1. The van der Waals surface area contributed by atoms with Gasteiger partial charge < -0.3 is 15.0 Å². The van der Waals surface area contributed by atoms with Gasteiger partial charge in [-0.25, -0.2) is 22.3 Å². The molecule has 2 aromatic rings. The fraction of sp³-hybridized carbons (Fsp3) is 0.350. The topological polar surface area (TPSA) is 87.7 Å². The lowest BCUT2D eigenvalue weighted by Gasteiger charge is -2.42. The third-order valence-electron chi connectivity index (χ3n) is 5.52. The quantitative estimate of drug-likeness (QED) is 0.744. The van der Waals surface area contributed by atoms with E-state index in [2.05, 4.69) is 10.0 Å². The molecule has 4 rings (SSSR count). The van der Waals surface area contributed by atoms with Gasteiger partial charge in [0.2, 0.25) is 10.0 Å². The average Bonchev–Trinajstić information content (AvgIpc) is 2.73. The van der Waals surface area contributed by atoms with Crippen LogP contribution >= 0.6 is 0 Å².